The lowest BCUT2D eigenvalue weighted by Crippen LogP contribution is -2.28. The average molecular weight is 297 g/mol. The zero-order valence-electron chi connectivity index (χ0n) is 12.3. The summed E-state index contributed by atoms with van der Waals surface area (Å²) in [6.45, 7) is 5.21. The summed E-state index contributed by atoms with van der Waals surface area (Å²) in [4.78, 5) is 0. The van der Waals surface area contributed by atoms with Crippen LogP contribution in [0, 0.1) is 12.3 Å². The first-order valence-corrected chi connectivity index (χ1v) is 8.85. The van der Waals surface area contributed by atoms with Gasteiger partial charge in [0.05, 0.1) is 11.9 Å². The van der Waals surface area contributed by atoms with Crippen LogP contribution < -0.4 is 5.73 Å². The maximum atomic E-state index is 12.1. The highest BCUT2D eigenvalue weighted by Gasteiger charge is 2.69. The third-order valence-electron chi connectivity index (χ3n) is 4.23. The van der Waals surface area contributed by atoms with Crippen molar-refractivity contribution in [1.82, 2.24) is 0 Å². The SMILES string of the molecule is CCOC[C@@]1(CN)[C@H](S(C)(=O)=O)[C@@H]1c1ccc(C)cc1. The van der Waals surface area contributed by atoms with Crippen LogP contribution in [-0.2, 0) is 14.6 Å². The van der Waals surface area contributed by atoms with Crippen LogP contribution in [0.3, 0.4) is 0 Å². The molecule has 1 aromatic carbocycles. The van der Waals surface area contributed by atoms with Gasteiger partial charge in [-0.25, -0.2) is 8.42 Å². The molecule has 0 saturated heterocycles. The Morgan fingerprint density at radius 1 is 1.30 bits per heavy atom. The maximum Gasteiger partial charge on any atom is 0.151 e. The molecule has 0 aromatic heterocycles. The predicted octanol–water partition coefficient (Wildman–Crippen LogP) is 1.49. The standard InChI is InChI=1S/C15H23NO3S/c1-4-19-10-15(9-16)13(14(15)20(3,17)18)12-7-5-11(2)6-8-12/h5-8,13-14H,4,9-10,16H2,1-3H3/t13-,14+,15+/m0/s1. The molecule has 0 spiro atoms. The molecule has 4 nitrogen and oxygen atoms in total. The molecule has 3 atom stereocenters. The summed E-state index contributed by atoms with van der Waals surface area (Å²) >= 11 is 0. The van der Waals surface area contributed by atoms with E-state index in [2.05, 4.69) is 0 Å². The van der Waals surface area contributed by atoms with Gasteiger partial charge in [-0.05, 0) is 19.4 Å². The average Bonchev–Trinajstić information content (AvgIpc) is 3.07. The van der Waals surface area contributed by atoms with E-state index in [0.717, 1.165) is 11.1 Å². The second-order valence-corrected chi connectivity index (χ2v) is 7.88. The first-order chi connectivity index (χ1) is 9.36. The Kier molecular flexibility index (Phi) is 4.23. The van der Waals surface area contributed by atoms with Gasteiger partial charge in [-0.15, -0.1) is 0 Å². The summed E-state index contributed by atoms with van der Waals surface area (Å²) in [5.74, 6) is -0.0605. The molecule has 0 bridgehead atoms. The molecule has 0 heterocycles. The highest BCUT2D eigenvalue weighted by Crippen LogP contribution is 2.62. The fourth-order valence-corrected chi connectivity index (χ4v) is 5.18. The van der Waals surface area contributed by atoms with Crippen molar-refractivity contribution in [2.45, 2.75) is 25.0 Å². The van der Waals surface area contributed by atoms with E-state index in [1.54, 1.807) is 0 Å². The molecule has 0 radical (unpaired) electrons. The largest absolute Gasteiger partial charge is 0.381 e. The molecule has 112 valence electrons. The zero-order chi connectivity index (χ0) is 15.0. The lowest BCUT2D eigenvalue weighted by atomic mass is 9.99. The normalized spacial score (nSPS) is 29.4. The molecular weight excluding hydrogens is 274 g/mol. The van der Waals surface area contributed by atoms with Gasteiger partial charge in [0.1, 0.15) is 0 Å². The van der Waals surface area contributed by atoms with E-state index >= 15 is 0 Å². The van der Waals surface area contributed by atoms with E-state index in [1.165, 1.54) is 6.26 Å². The number of benzene rings is 1. The zero-order valence-corrected chi connectivity index (χ0v) is 13.1. The summed E-state index contributed by atoms with van der Waals surface area (Å²) in [7, 11) is -3.15. The van der Waals surface area contributed by atoms with E-state index in [1.807, 2.05) is 38.1 Å². The minimum absolute atomic E-state index is 0.0605. The van der Waals surface area contributed by atoms with Crippen molar-refractivity contribution in [3.8, 4) is 0 Å². The van der Waals surface area contributed by atoms with Crippen LogP contribution >= 0.6 is 0 Å². The van der Waals surface area contributed by atoms with Crippen LogP contribution in [0.4, 0.5) is 0 Å². The monoisotopic (exact) mass is 297 g/mol. The molecular formula is C15H23NO3S. The fourth-order valence-electron chi connectivity index (χ4n) is 3.17. The number of aryl methyl sites for hydroxylation is 1. The first kappa shape index (κ1) is 15.5. The van der Waals surface area contributed by atoms with E-state index in [-0.39, 0.29) is 5.92 Å². The van der Waals surface area contributed by atoms with Gasteiger partial charge >= 0.3 is 0 Å². The van der Waals surface area contributed by atoms with Crippen molar-refractivity contribution >= 4 is 9.84 Å². The van der Waals surface area contributed by atoms with Gasteiger partial charge in [0, 0.05) is 30.7 Å². The number of hydrogen-bond donors (Lipinski definition) is 1. The molecule has 1 aromatic rings. The molecule has 1 aliphatic rings. The van der Waals surface area contributed by atoms with Crippen LogP contribution in [0.2, 0.25) is 0 Å². The number of sulfone groups is 1. The Morgan fingerprint density at radius 3 is 2.35 bits per heavy atom. The Morgan fingerprint density at radius 2 is 1.90 bits per heavy atom. The lowest BCUT2D eigenvalue weighted by molar-refractivity contribution is 0.101. The number of nitrogens with two attached hydrogens (primary N) is 1. The maximum absolute atomic E-state index is 12.1. The van der Waals surface area contributed by atoms with Gasteiger partial charge in [-0.2, -0.15) is 0 Å². The van der Waals surface area contributed by atoms with Crippen LogP contribution in [0.15, 0.2) is 24.3 Å². The second kappa shape index (κ2) is 5.47. The molecule has 1 aliphatic carbocycles. The predicted molar refractivity (Wildman–Crippen MR) is 80.5 cm³/mol. The van der Waals surface area contributed by atoms with Crippen LogP contribution in [0.25, 0.3) is 0 Å². The molecule has 1 fully saturated rings. The second-order valence-electron chi connectivity index (χ2n) is 5.71. The summed E-state index contributed by atoms with van der Waals surface area (Å²) in [5, 5.41) is -0.436. The quantitative estimate of drug-likeness (QED) is 0.863. The summed E-state index contributed by atoms with van der Waals surface area (Å²) in [6, 6.07) is 8.02. The highest BCUT2D eigenvalue weighted by atomic mass is 32.2. The minimum Gasteiger partial charge on any atom is -0.381 e. The fraction of sp³-hybridized carbons (Fsp3) is 0.600. The third-order valence-corrected chi connectivity index (χ3v) is 5.90. The molecule has 5 heteroatoms. The van der Waals surface area contributed by atoms with Gasteiger partial charge in [-0.3, -0.25) is 0 Å². The topological polar surface area (TPSA) is 69.4 Å². The number of rotatable bonds is 6. The van der Waals surface area contributed by atoms with Crippen molar-refractivity contribution in [3.05, 3.63) is 35.4 Å². The van der Waals surface area contributed by atoms with E-state index in [9.17, 15) is 8.42 Å². The number of hydrogen-bond acceptors (Lipinski definition) is 4. The highest BCUT2D eigenvalue weighted by molar-refractivity contribution is 7.91. The van der Waals surface area contributed by atoms with Gasteiger partial charge in [0.15, 0.2) is 9.84 Å². The van der Waals surface area contributed by atoms with Crippen molar-refractivity contribution in [1.29, 1.82) is 0 Å². The molecule has 1 saturated carbocycles. The molecule has 20 heavy (non-hydrogen) atoms. The van der Waals surface area contributed by atoms with E-state index in [4.69, 9.17) is 10.5 Å². The van der Waals surface area contributed by atoms with Crippen LogP contribution in [0.1, 0.15) is 24.0 Å². The van der Waals surface area contributed by atoms with Gasteiger partial charge in [0.25, 0.3) is 0 Å². The summed E-state index contributed by atoms with van der Waals surface area (Å²) in [6.07, 6.45) is 1.29. The Labute approximate surface area is 121 Å². The molecule has 0 aliphatic heterocycles. The van der Waals surface area contributed by atoms with Crippen molar-refractivity contribution in [2.75, 3.05) is 26.0 Å². The first-order valence-electron chi connectivity index (χ1n) is 6.90. The smallest absolute Gasteiger partial charge is 0.151 e. The lowest BCUT2D eigenvalue weighted by Gasteiger charge is -2.15. The van der Waals surface area contributed by atoms with E-state index < -0.39 is 20.5 Å². The third kappa shape index (κ3) is 2.62. The van der Waals surface area contributed by atoms with Crippen molar-refractivity contribution < 1.29 is 13.2 Å². The Balaban J connectivity index is 2.36. The molecule has 0 unspecified atom stereocenters. The van der Waals surface area contributed by atoms with Gasteiger partial charge < -0.3 is 10.5 Å². The molecule has 2 N–H and O–H groups in total. The van der Waals surface area contributed by atoms with Crippen molar-refractivity contribution in [2.24, 2.45) is 11.1 Å². The van der Waals surface area contributed by atoms with E-state index in [0.29, 0.717) is 19.8 Å². The van der Waals surface area contributed by atoms with Crippen molar-refractivity contribution in [3.63, 3.8) is 0 Å². The van der Waals surface area contributed by atoms with Gasteiger partial charge in [0.2, 0.25) is 0 Å². The van der Waals surface area contributed by atoms with Crippen LogP contribution in [0.5, 0.6) is 0 Å². The number of ether oxygens (including phenoxy) is 1. The minimum atomic E-state index is -3.15. The summed E-state index contributed by atoms with van der Waals surface area (Å²) in [5.41, 5.74) is 7.64. The summed E-state index contributed by atoms with van der Waals surface area (Å²) < 4.78 is 29.6. The Hall–Kier alpha value is -0.910. The Bertz CT molecular complexity index is 567. The van der Waals surface area contributed by atoms with Crippen LogP contribution in [-0.4, -0.2) is 39.7 Å². The molecule has 2 rings (SSSR count). The molecule has 0 amide bonds. The van der Waals surface area contributed by atoms with Gasteiger partial charge in [-0.1, -0.05) is 29.8 Å².